The molecule has 0 amide bonds. The van der Waals surface area contributed by atoms with E-state index in [0.29, 0.717) is 13.0 Å². The lowest BCUT2D eigenvalue weighted by molar-refractivity contribution is -0.150. The van der Waals surface area contributed by atoms with Gasteiger partial charge in [0.1, 0.15) is 12.7 Å². The molecule has 0 N–H and O–H groups in total. The molecule has 274 valence electrons. The van der Waals surface area contributed by atoms with E-state index >= 15 is 0 Å². The Morgan fingerprint density at radius 2 is 1.32 bits per heavy atom. The minimum atomic E-state index is -0.0104. The Hall–Kier alpha value is -1.59. The lowest BCUT2D eigenvalue weighted by Gasteiger charge is -2.18. The van der Waals surface area contributed by atoms with E-state index in [1.807, 2.05) is 0 Å². The number of carbonyl (C=O) groups excluding carboxylic acids is 1. The maximum Gasteiger partial charge on any atom is 0.306 e. The Morgan fingerprint density at radius 1 is 0.723 bits per heavy atom. The topological polar surface area (TPSA) is 48.0 Å². The molecule has 0 heterocycles. The first-order valence-corrected chi connectivity index (χ1v) is 20.0. The van der Waals surface area contributed by atoms with Crippen LogP contribution in [0.15, 0.2) is 36.6 Å². The number of nitrogens with zero attached hydrogens (tertiary/aromatic N) is 1. The van der Waals surface area contributed by atoms with Gasteiger partial charge in [-0.2, -0.15) is 0 Å². The minimum Gasteiger partial charge on any atom is -0.495 e. The van der Waals surface area contributed by atoms with Gasteiger partial charge in [-0.25, -0.2) is 0 Å². The molecule has 0 aromatic rings. The molecule has 1 aliphatic rings. The van der Waals surface area contributed by atoms with Gasteiger partial charge in [0.2, 0.25) is 0 Å². The molecule has 1 atom stereocenters. The van der Waals surface area contributed by atoms with Gasteiger partial charge in [-0.15, -0.1) is 0 Å². The van der Waals surface area contributed by atoms with E-state index in [9.17, 15) is 4.79 Å². The van der Waals surface area contributed by atoms with Crippen molar-refractivity contribution in [1.29, 1.82) is 0 Å². The summed E-state index contributed by atoms with van der Waals surface area (Å²) in [5, 5.41) is 0. The molecule has 1 fully saturated rings. The summed E-state index contributed by atoms with van der Waals surface area (Å²) >= 11 is 0. The van der Waals surface area contributed by atoms with Gasteiger partial charge in [0.15, 0.2) is 0 Å². The molecule has 0 aliphatic heterocycles. The number of rotatable bonds is 36. The minimum absolute atomic E-state index is 0.0104. The zero-order chi connectivity index (χ0) is 34.2. The van der Waals surface area contributed by atoms with Crippen molar-refractivity contribution < 1.29 is 19.0 Å². The zero-order valence-electron chi connectivity index (χ0n) is 31.5. The number of esters is 1. The van der Waals surface area contributed by atoms with Crippen molar-refractivity contribution >= 4 is 5.97 Å². The monoisotopic (exact) mass is 660 g/mol. The molecule has 5 heteroatoms. The third kappa shape index (κ3) is 30.2. The highest BCUT2D eigenvalue weighted by Crippen LogP contribution is 2.37. The second-order valence-electron chi connectivity index (χ2n) is 14.4. The van der Waals surface area contributed by atoms with E-state index in [-0.39, 0.29) is 12.1 Å². The summed E-state index contributed by atoms with van der Waals surface area (Å²) < 4.78 is 17.5. The summed E-state index contributed by atoms with van der Waals surface area (Å²) in [5.74, 6) is 1.75. The van der Waals surface area contributed by atoms with E-state index in [1.165, 1.54) is 115 Å². The van der Waals surface area contributed by atoms with Gasteiger partial charge >= 0.3 is 5.97 Å². The summed E-state index contributed by atoms with van der Waals surface area (Å²) in [5.41, 5.74) is 1.50. The second kappa shape index (κ2) is 31.7. The summed E-state index contributed by atoms with van der Waals surface area (Å²) in [6.45, 7) is 13.9. The fourth-order valence-corrected chi connectivity index (χ4v) is 6.04. The van der Waals surface area contributed by atoms with Crippen molar-refractivity contribution in [1.82, 2.24) is 4.90 Å². The predicted molar refractivity (Wildman–Crippen MR) is 202 cm³/mol. The van der Waals surface area contributed by atoms with Crippen molar-refractivity contribution in [2.45, 2.75) is 180 Å². The molecule has 0 saturated heterocycles. The summed E-state index contributed by atoms with van der Waals surface area (Å²) in [7, 11) is 4.10. The highest BCUT2D eigenvalue weighted by Gasteiger charge is 2.23. The second-order valence-corrected chi connectivity index (χ2v) is 14.4. The van der Waals surface area contributed by atoms with Crippen molar-refractivity contribution in [2.24, 2.45) is 5.92 Å². The SMILES string of the molecule is C=C(CCCCCCCCC(CCCCCCCCC(=C)C1CC1)OC(=O)CCCN(C)C)OC/C=C/CCCOCCCCCC. The van der Waals surface area contributed by atoms with E-state index in [1.54, 1.807) is 0 Å². The van der Waals surface area contributed by atoms with Gasteiger partial charge in [-0.05, 0) is 110 Å². The molecule has 0 bridgehead atoms. The van der Waals surface area contributed by atoms with Gasteiger partial charge in [-0.3, -0.25) is 4.79 Å². The van der Waals surface area contributed by atoms with Crippen LogP contribution in [0.3, 0.4) is 0 Å². The molecule has 1 rings (SSSR count). The lowest BCUT2D eigenvalue weighted by Crippen LogP contribution is -2.20. The third-order valence-electron chi connectivity index (χ3n) is 9.30. The Balaban J connectivity index is 2.06. The number of hydrogen-bond donors (Lipinski definition) is 0. The first kappa shape index (κ1) is 43.4. The van der Waals surface area contributed by atoms with Crippen molar-refractivity contribution in [2.75, 3.05) is 40.5 Å². The summed E-state index contributed by atoms with van der Waals surface area (Å²) in [4.78, 5) is 14.6. The van der Waals surface area contributed by atoms with Crippen LogP contribution in [0.25, 0.3) is 0 Å². The third-order valence-corrected chi connectivity index (χ3v) is 9.30. The van der Waals surface area contributed by atoms with Crippen molar-refractivity contribution in [3.05, 3.63) is 36.6 Å². The smallest absolute Gasteiger partial charge is 0.306 e. The van der Waals surface area contributed by atoms with E-state index in [0.717, 1.165) is 82.8 Å². The molecule has 1 aliphatic carbocycles. The van der Waals surface area contributed by atoms with Crippen LogP contribution < -0.4 is 0 Å². The molecule has 0 spiro atoms. The fraction of sp³-hybridized carbons (Fsp3) is 0.833. The fourth-order valence-electron chi connectivity index (χ4n) is 6.04. The Morgan fingerprint density at radius 3 is 1.96 bits per heavy atom. The molecule has 1 unspecified atom stereocenters. The highest BCUT2D eigenvalue weighted by atomic mass is 16.5. The first-order valence-electron chi connectivity index (χ1n) is 20.0. The number of hydrogen-bond acceptors (Lipinski definition) is 5. The molecule has 0 radical (unpaired) electrons. The quantitative estimate of drug-likeness (QED) is 0.0290. The van der Waals surface area contributed by atoms with Crippen LogP contribution >= 0.6 is 0 Å². The van der Waals surface area contributed by atoms with Gasteiger partial charge < -0.3 is 19.1 Å². The summed E-state index contributed by atoms with van der Waals surface area (Å²) in [6, 6.07) is 0. The average molecular weight is 660 g/mol. The Kier molecular flexibility index (Phi) is 29.3. The number of carbonyl (C=O) groups is 1. The molecule has 47 heavy (non-hydrogen) atoms. The average Bonchev–Trinajstić information content (AvgIpc) is 3.89. The van der Waals surface area contributed by atoms with Crippen LogP contribution in [0, 0.1) is 5.92 Å². The van der Waals surface area contributed by atoms with Gasteiger partial charge in [-0.1, -0.05) is 108 Å². The van der Waals surface area contributed by atoms with Crippen LogP contribution in [-0.2, 0) is 19.0 Å². The number of allylic oxidation sites excluding steroid dienone is 3. The maximum atomic E-state index is 12.5. The molecule has 5 nitrogen and oxygen atoms in total. The molecule has 0 aromatic heterocycles. The van der Waals surface area contributed by atoms with Crippen LogP contribution in [-0.4, -0.2) is 57.4 Å². The summed E-state index contributed by atoms with van der Waals surface area (Å²) in [6.07, 6.45) is 34.8. The largest absolute Gasteiger partial charge is 0.495 e. The normalized spacial score (nSPS) is 13.8. The van der Waals surface area contributed by atoms with Crippen molar-refractivity contribution in [3.8, 4) is 0 Å². The van der Waals surface area contributed by atoms with Crippen LogP contribution in [0.4, 0.5) is 0 Å². The van der Waals surface area contributed by atoms with E-state index in [2.05, 4.69) is 51.2 Å². The zero-order valence-corrected chi connectivity index (χ0v) is 31.5. The van der Waals surface area contributed by atoms with Crippen LogP contribution in [0.2, 0.25) is 0 Å². The lowest BCUT2D eigenvalue weighted by atomic mass is 10.0. The molecular formula is C42H77NO4. The van der Waals surface area contributed by atoms with E-state index < -0.39 is 0 Å². The number of unbranched alkanes of at least 4 members (excludes halogenated alkanes) is 14. The van der Waals surface area contributed by atoms with Crippen LogP contribution in [0.5, 0.6) is 0 Å². The molecule has 1 saturated carbocycles. The highest BCUT2D eigenvalue weighted by molar-refractivity contribution is 5.69. The molecule has 0 aromatic carbocycles. The number of ether oxygens (including phenoxy) is 3. The Bertz CT molecular complexity index is 787. The van der Waals surface area contributed by atoms with Gasteiger partial charge in [0.25, 0.3) is 0 Å². The first-order chi connectivity index (χ1) is 22.9. The molecular weight excluding hydrogens is 582 g/mol. The standard InChI is InChI=1S/C42H77NO4/c1-6-7-8-23-35-45-36-24-17-18-25-37-46-39(3)28-20-14-10-12-16-22-30-41(47-42(44)31-26-34-43(4)5)29-21-15-11-9-13-19-27-38(2)40-32-33-40/h18,25,40-41H,2-3,6-17,19-24,26-37H2,1,4-5H3/b25-18+. The van der Waals surface area contributed by atoms with Gasteiger partial charge in [0, 0.05) is 26.1 Å². The van der Waals surface area contributed by atoms with Crippen LogP contribution in [0.1, 0.15) is 174 Å². The van der Waals surface area contributed by atoms with E-state index in [4.69, 9.17) is 14.2 Å². The maximum absolute atomic E-state index is 12.5. The Labute approximate surface area is 292 Å². The van der Waals surface area contributed by atoms with Crippen molar-refractivity contribution in [3.63, 3.8) is 0 Å². The van der Waals surface area contributed by atoms with Gasteiger partial charge in [0.05, 0.1) is 5.76 Å². The predicted octanol–water partition coefficient (Wildman–Crippen LogP) is 11.9.